The van der Waals surface area contributed by atoms with Gasteiger partial charge in [-0.05, 0) is 42.8 Å². The zero-order valence-electron chi connectivity index (χ0n) is 19.4. The molecule has 11 heteroatoms. The smallest absolute Gasteiger partial charge is 0.323 e. The van der Waals surface area contributed by atoms with Crippen molar-refractivity contribution >= 4 is 35.1 Å². The van der Waals surface area contributed by atoms with Gasteiger partial charge in [0.15, 0.2) is 0 Å². The van der Waals surface area contributed by atoms with Crippen LogP contribution in [0.15, 0.2) is 54.9 Å². The van der Waals surface area contributed by atoms with E-state index in [0.717, 1.165) is 11.4 Å². The van der Waals surface area contributed by atoms with Crippen molar-refractivity contribution in [2.75, 3.05) is 54.1 Å². The molecule has 182 valence electrons. The number of halogens is 1. The Morgan fingerprint density at radius 1 is 1.00 bits per heavy atom. The number of urea groups is 2. The first-order valence-corrected chi connectivity index (χ1v) is 11.0. The zero-order valence-corrected chi connectivity index (χ0v) is 19.4. The molecule has 0 saturated carbocycles. The van der Waals surface area contributed by atoms with Crippen LogP contribution >= 0.6 is 0 Å². The summed E-state index contributed by atoms with van der Waals surface area (Å²) < 4.78 is 18.6. The normalized spacial score (nSPS) is 13.2. The second-order valence-corrected chi connectivity index (χ2v) is 7.90. The summed E-state index contributed by atoms with van der Waals surface area (Å²) in [6.45, 7) is 4.21. The largest absolute Gasteiger partial charge is 0.495 e. The van der Waals surface area contributed by atoms with Gasteiger partial charge in [0, 0.05) is 38.4 Å². The molecule has 1 aliphatic rings. The molecule has 0 bridgehead atoms. The molecule has 0 aliphatic carbocycles. The molecule has 1 saturated heterocycles. The molecular weight excluding hydrogens is 453 g/mol. The number of carbonyl (C=O) groups is 2. The summed E-state index contributed by atoms with van der Waals surface area (Å²) in [7, 11) is 1.44. The van der Waals surface area contributed by atoms with Crippen LogP contribution in [0.3, 0.4) is 0 Å². The van der Waals surface area contributed by atoms with Gasteiger partial charge in [-0.3, -0.25) is 5.32 Å². The second kappa shape index (κ2) is 10.7. The number of amides is 4. The molecule has 10 nitrogen and oxygen atoms in total. The van der Waals surface area contributed by atoms with Gasteiger partial charge < -0.3 is 25.2 Å². The third-order valence-electron chi connectivity index (χ3n) is 5.54. The van der Waals surface area contributed by atoms with Gasteiger partial charge in [-0.2, -0.15) is 0 Å². The minimum atomic E-state index is -0.550. The number of nitrogens with one attached hydrogen (secondary N) is 3. The predicted octanol–water partition coefficient (Wildman–Crippen LogP) is 3.93. The molecule has 4 amide bonds. The molecule has 1 fully saturated rings. The van der Waals surface area contributed by atoms with Gasteiger partial charge in [-0.25, -0.2) is 23.9 Å². The summed E-state index contributed by atoms with van der Waals surface area (Å²) in [5, 5.41) is 8.08. The molecule has 1 aromatic carbocycles. The van der Waals surface area contributed by atoms with Gasteiger partial charge in [-0.15, -0.1) is 0 Å². The number of ether oxygens (including phenoxy) is 1. The third kappa shape index (κ3) is 5.94. The number of methoxy groups -OCH3 is 1. The van der Waals surface area contributed by atoms with E-state index in [9.17, 15) is 14.0 Å². The van der Waals surface area contributed by atoms with Gasteiger partial charge >= 0.3 is 12.1 Å². The molecule has 0 spiro atoms. The second-order valence-electron chi connectivity index (χ2n) is 7.90. The monoisotopic (exact) mass is 479 g/mol. The van der Waals surface area contributed by atoms with E-state index in [1.807, 2.05) is 19.1 Å². The Labute approximate surface area is 202 Å². The Morgan fingerprint density at radius 2 is 1.80 bits per heavy atom. The maximum atomic E-state index is 13.5. The quantitative estimate of drug-likeness (QED) is 0.511. The zero-order chi connectivity index (χ0) is 24.8. The minimum absolute atomic E-state index is 0.181. The number of benzene rings is 1. The summed E-state index contributed by atoms with van der Waals surface area (Å²) in [5.74, 6) is 1.16. The van der Waals surface area contributed by atoms with Crippen LogP contribution < -0.4 is 25.6 Å². The summed E-state index contributed by atoms with van der Waals surface area (Å²) >= 11 is 0. The lowest BCUT2D eigenvalue weighted by Crippen LogP contribution is -2.50. The van der Waals surface area contributed by atoms with Crippen molar-refractivity contribution in [1.82, 2.24) is 14.9 Å². The van der Waals surface area contributed by atoms with Crippen LogP contribution in [0, 0.1) is 12.7 Å². The van der Waals surface area contributed by atoms with E-state index >= 15 is 0 Å². The Kier molecular flexibility index (Phi) is 7.24. The van der Waals surface area contributed by atoms with Gasteiger partial charge in [0.05, 0.1) is 24.7 Å². The van der Waals surface area contributed by atoms with Crippen molar-refractivity contribution < 1.29 is 18.7 Å². The van der Waals surface area contributed by atoms with Crippen LogP contribution in [0.5, 0.6) is 5.75 Å². The van der Waals surface area contributed by atoms with Crippen LogP contribution in [0.1, 0.15) is 5.56 Å². The van der Waals surface area contributed by atoms with E-state index in [0.29, 0.717) is 43.4 Å². The summed E-state index contributed by atoms with van der Waals surface area (Å²) in [6, 6.07) is 10.4. The molecule has 1 aliphatic heterocycles. The van der Waals surface area contributed by atoms with Crippen molar-refractivity contribution in [3.05, 3.63) is 66.2 Å². The van der Waals surface area contributed by atoms with Crippen LogP contribution in [0.25, 0.3) is 0 Å². The third-order valence-corrected chi connectivity index (χ3v) is 5.54. The van der Waals surface area contributed by atoms with Gasteiger partial charge in [0.25, 0.3) is 0 Å². The fraction of sp³-hybridized carbons (Fsp3) is 0.250. The van der Waals surface area contributed by atoms with E-state index < -0.39 is 11.8 Å². The Hall–Kier alpha value is -4.41. The highest BCUT2D eigenvalue weighted by Gasteiger charge is 2.22. The number of aromatic nitrogens is 2. The lowest BCUT2D eigenvalue weighted by molar-refractivity contribution is 0.208. The maximum absolute atomic E-state index is 13.5. The minimum Gasteiger partial charge on any atom is -0.495 e. The highest BCUT2D eigenvalue weighted by atomic mass is 19.1. The number of pyridine rings is 2. The van der Waals surface area contributed by atoms with Crippen molar-refractivity contribution in [2.45, 2.75) is 6.92 Å². The number of hydrogen-bond acceptors (Lipinski definition) is 6. The van der Waals surface area contributed by atoms with Crippen LogP contribution in [-0.4, -0.2) is 60.2 Å². The number of rotatable bonds is 5. The molecule has 35 heavy (non-hydrogen) atoms. The summed E-state index contributed by atoms with van der Waals surface area (Å²) in [5.41, 5.74) is 1.60. The number of anilines is 4. The van der Waals surface area contributed by atoms with E-state index in [4.69, 9.17) is 4.74 Å². The average molecular weight is 480 g/mol. The number of nitrogens with zero attached hydrogens (tertiary/aromatic N) is 4. The van der Waals surface area contributed by atoms with E-state index in [-0.39, 0.29) is 11.7 Å². The highest BCUT2D eigenvalue weighted by Crippen LogP contribution is 2.25. The summed E-state index contributed by atoms with van der Waals surface area (Å²) in [4.78, 5) is 37.3. The predicted molar refractivity (Wildman–Crippen MR) is 132 cm³/mol. The number of carbonyl (C=O) groups excluding carboxylic acids is 2. The van der Waals surface area contributed by atoms with E-state index in [1.165, 1.54) is 25.3 Å². The van der Waals surface area contributed by atoms with Crippen molar-refractivity contribution in [1.29, 1.82) is 0 Å². The molecule has 3 heterocycles. The Bertz CT molecular complexity index is 1200. The van der Waals surface area contributed by atoms with Crippen LogP contribution in [0.2, 0.25) is 0 Å². The first-order valence-electron chi connectivity index (χ1n) is 11.0. The highest BCUT2D eigenvalue weighted by molar-refractivity contribution is 6.00. The Balaban J connectivity index is 1.29. The van der Waals surface area contributed by atoms with E-state index in [2.05, 4.69) is 30.8 Å². The standard InChI is InChI=1S/C24H26FN7O3/c1-16-4-3-9-26-22(16)30-24(34)32-12-10-31(11-13-32)21-8-6-18(15-27-21)28-23(33)29-19-14-17(25)5-7-20(19)35-2/h3-9,14-15H,10-13H2,1-2H3,(H,26,30,34)(H2,28,29,33). The SMILES string of the molecule is COc1ccc(F)cc1NC(=O)Nc1ccc(N2CCN(C(=O)Nc3ncccc3C)CC2)nc1. The average Bonchev–Trinajstić information content (AvgIpc) is 2.86. The topological polar surface area (TPSA) is 112 Å². The fourth-order valence-electron chi connectivity index (χ4n) is 3.65. The number of piperazine rings is 1. The van der Waals surface area contributed by atoms with Crippen molar-refractivity contribution in [3.63, 3.8) is 0 Å². The number of hydrogen-bond donors (Lipinski definition) is 3. The lowest BCUT2D eigenvalue weighted by atomic mass is 10.3. The van der Waals surface area contributed by atoms with Gasteiger partial charge in [0.1, 0.15) is 23.2 Å². The van der Waals surface area contributed by atoms with Crippen LogP contribution in [0.4, 0.5) is 37.0 Å². The van der Waals surface area contributed by atoms with Crippen LogP contribution in [-0.2, 0) is 0 Å². The molecule has 0 radical (unpaired) electrons. The molecule has 3 N–H and O–H groups in total. The molecule has 2 aromatic heterocycles. The van der Waals surface area contributed by atoms with Crippen molar-refractivity contribution in [3.8, 4) is 5.75 Å². The molecular formula is C24H26FN7O3. The molecule has 0 atom stereocenters. The van der Waals surface area contributed by atoms with Gasteiger partial charge in [-0.1, -0.05) is 6.07 Å². The number of aryl methyl sites for hydroxylation is 1. The molecule has 4 rings (SSSR count). The van der Waals surface area contributed by atoms with Crippen molar-refractivity contribution in [2.24, 2.45) is 0 Å². The first kappa shape index (κ1) is 23.7. The maximum Gasteiger partial charge on any atom is 0.323 e. The molecule has 3 aromatic rings. The van der Waals surface area contributed by atoms with E-state index in [1.54, 1.807) is 29.4 Å². The first-order chi connectivity index (χ1) is 16.9. The van der Waals surface area contributed by atoms with Gasteiger partial charge in [0.2, 0.25) is 0 Å². The molecule has 0 unspecified atom stereocenters. The fourth-order valence-corrected chi connectivity index (χ4v) is 3.65. The Morgan fingerprint density at radius 3 is 2.49 bits per heavy atom. The summed E-state index contributed by atoms with van der Waals surface area (Å²) in [6.07, 6.45) is 3.19. The lowest BCUT2D eigenvalue weighted by Gasteiger charge is -2.35.